The van der Waals surface area contributed by atoms with Crippen LogP contribution in [-0.4, -0.2) is 28.3 Å². The molecule has 1 atom stereocenters. The van der Waals surface area contributed by atoms with Crippen LogP contribution in [0, 0.1) is 0 Å². The van der Waals surface area contributed by atoms with Crippen LogP contribution >= 0.6 is 11.8 Å². The third-order valence-electron chi connectivity index (χ3n) is 2.19. The number of hydrogen-bond acceptors (Lipinski definition) is 3. The number of carboxylic acid groups (broad SMARTS) is 1. The smallest absolute Gasteiger partial charge is 0.335 e. The second kappa shape index (κ2) is 6.44. The zero-order valence-corrected chi connectivity index (χ0v) is 11.5. The van der Waals surface area contributed by atoms with Crippen molar-refractivity contribution in [3.05, 3.63) is 29.8 Å². The van der Waals surface area contributed by atoms with E-state index in [-0.39, 0.29) is 22.8 Å². The first-order valence-corrected chi connectivity index (χ1v) is 6.58. The molecule has 0 aliphatic heterocycles. The molecule has 98 valence electrons. The van der Waals surface area contributed by atoms with Gasteiger partial charge in [-0.2, -0.15) is 0 Å². The summed E-state index contributed by atoms with van der Waals surface area (Å²) < 4.78 is 0. The molecular formula is C13H17NO3S. The van der Waals surface area contributed by atoms with Crippen molar-refractivity contribution in [3.8, 4) is 0 Å². The lowest BCUT2D eigenvalue weighted by Gasteiger charge is -2.14. The van der Waals surface area contributed by atoms with Gasteiger partial charge < -0.3 is 10.4 Å². The summed E-state index contributed by atoms with van der Waals surface area (Å²) >= 11 is 1.35. The minimum absolute atomic E-state index is 0.0456. The van der Waals surface area contributed by atoms with Gasteiger partial charge >= 0.3 is 5.97 Å². The summed E-state index contributed by atoms with van der Waals surface area (Å²) in [7, 11) is 0. The molecule has 0 aliphatic carbocycles. The molecule has 0 saturated heterocycles. The molecule has 0 bridgehead atoms. The van der Waals surface area contributed by atoms with Gasteiger partial charge in [-0.15, -0.1) is 11.8 Å². The minimum atomic E-state index is -0.961. The number of nitrogens with one attached hydrogen (secondary N) is 1. The maximum atomic E-state index is 11.7. The molecule has 1 unspecified atom stereocenters. The fraction of sp³-hybridized carbons (Fsp3) is 0.385. The number of benzene rings is 1. The van der Waals surface area contributed by atoms with Gasteiger partial charge in [0, 0.05) is 10.9 Å². The molecule has 1 aromatic carbocycles. The zero-order chi connectivity index (χ0) is 13.7. The van der Waals surface area contributed by atoms with Crippen molar-refractivity contribution in [1.82, 2.24) is 5.32 Å². The third kappa shape index (κ3) is 4.41. The predicted molar refractivity (Wildman–Crippen MR) is 72.0 cm³/mol. The lowest BCUT2D eigenvalue weighted by Crippen LogP contribution is -2.35. The van der Waals surface area contributed by atoms with Crippen LogP contribution in [0.1, 0.15) is 31.1 Å². The highest BCUT2D eigenvalue weighted by Gasteiger charge is 2.15. The van der Waals surface area contributed by atoms with Gasteiger partial charge in [-0.05, 0) is 39.0 Å². The van der Waals surface area contributed by atoms with E-state index < -0.39 is 5.97 Å². The Bertz CT molecular complexity index is 446. The lowest BCUT2D eigenvalue weighted by molar-refractivity contribution is -0.120. The number of carboxylic acids is 1. The van der Waals surface area contributed by atoms with Gasteiger partial charge in [-0.25, -0.2) is 4.79 Å². The summed E-state index contributed by atoms with van der Waals surface area (Å²) in [4.78, 5) is 23.3. The van der Waals surface area contributed by atoms with Crippen molar-refractivity contribution in [2.45, 2.75) is 37.0 Å². The first kappa shape index (κ1) is 14.6. The maximum absolute atomic E-state index is 11.7. The van der Waals surface area contributed by atoms with Gasteiger partial charge in [0.1, 0.15) is 0 Å². The van der Waals surface area contributed by atoms with Crippen molar-refractivity contribution >= 4 is 23.6 Å². The largest absolute Gasteiger partial charge is 0.478 e. The highest BCUT2D eigenvalue weighted by Crippen LogP contribution is 2.24. The van der Waals surface area contributed by atoms with Crippen LogP contribution < -0.4 is 5.32 Å². The highest BCUT2D eigenvalue weighted by molar-refractivity contribution is 8.00. The first-order valence-electron chi connectivity index (χ1n) is 5.70. The fourth-order valence-corrected chi connectivity index (χ4v) is 2.30. The Labute approximate surface area is 111 Å². The Morgan fingerprint density at radius 1 is 1.28 bits per heavy atom. The van der Waals surface area contributed by atoms with Gasteiger partial charge in [-0.1, -0.05) is 6.07 Å². The van der Waals surface area contributed by atoms with E-state index in [2.05, 4.69) is 5.32 Å². The van der Waals surface area contributed by atoms with E-state index in [0.29, 0.717) is 0 Å². The quantitative estimate of drug-likeness (QED) is 0.804. The number of thioether (sulfide) groups is 1. The Balaban J connectivity index is 2.69. The van der Waals surface area contributed by atoms with E-state index in [9.17, 15) is 9.59 Å². The van der Waals surface area contributed by atoms with Gasteiger partial charge in [-0.3, -0.25) is 4.79 Å². The monoisotopic (exact) mass is 267 g/mol. The van der Waals surface area contributed by atoms with E-state index in [0.717, 1.165) is 4.90 Å². The number of hydrogen-bond donors (Lipinski definition) is 2. The molecule has 1 aromatic rings. The van der Waals surface area contributed by atoms with Crippen molar-refractivity contribution in [2.75, 3.05) is 0 Å². The number of amides is 1. The summed E-state index contributed by atoms with van der Waals surface area (Å²) in [6.45, 7) is 5.61. The fourth-order valence-electron chi connectivity index (χ4n) is 1.36. The molecule has 5 heteroatoms. The number of aromatic carboxylic acids is 1. The average molecular weight is 267 g/mol. The Hall–Kier alpha value is -1.49. The summed E-state index contributed by atoms with van der Waals surface area (Å²) in [5.74, 6) is -1.01. The number of carbonyl (C=O) groups excluding carboxylic acids is 1. The first-order chi connectivity index (χ1) is 8.40. The standard InChI is InChI=1S/C13H17NO3S/c1-8(2)14-12(15)9(3)18-11-6-4-5-10(7-11)13(16)17/h4-9H,1-3H3,(H,14,15)(H,16,17). The normalized spacial score (nSPS) is 12.2. The van der Waals surface area contributed by atoms with Crippen molar-refractivity contribution in [2.24, 2.45) is 0 Å². The molecule has 0 radical (unpaired) electrons. The Kier molecular flexibility index (Phi) is 5.22. The Morgan fingerprint density at radius 3 is 2.50 bits per heavy atom. The van der Waals surface area contributed by atoms with Crippen LogP contribution in [0.4, 0.5) is 0 Å². The number of rotatable bonds is 5. The second-order valence-electron chi connectivity index (χ2n) is 4.26. The molecule has 18 heavy (non-hydrogen) atoms. The van der Waals surface area contributed by atoms with Crippen LogP contribution in [-0.2, 0) is 4.79 Å². The van der Waals surface area contributed by atoms with E-state index in [1.807, 2.05) is 13.8 Å². The van der Waals surface area contributed by atoms with Crippen LogP contribution in [0.3, 0.4) is 0 Å². The maximum Gasteiger partial charge on any atom is 0.335 e. The van der Waals surface area contributed by atoms with Gasteiger partial charge in [0.25, 0.3) is 0 Å². The Morgan fingerprint density at radius 2 is 1.94 bits per heavy atom. The molecule has 0 aliphatic rings. The van der Waals surface area contributed by atoms with E-state index in [1.54, 1.807) is 25.1 Å². The molecule has 0 aromatic heterocycles. The molecule has 1 amide bonds. The molecule has 0 fully saturated rings. The summed E-state index contributed by atoms with van der Waals surface area (Å²) in [6, 6.07) is 6.69. The van der Waals surface area contributed by atoms with Crippen molar-refractivity contribution < 1.29 is 14.7 Å². The molecule has 4 nitrogen and oxygen atoms in total. The summed E-state index contributed by atoms with van der Waals surface area (Å²) in [5.41, 5.74) is 0.233. The second-order valence-corrected chi connectivity index (χ2v) is 5.67. The minimum Gasteiger partial charge on any atom is -0.478 e. The predicted octanol–water partition coefficient (Wildman–Crippen LogP) is 2.39. The lowest BCUT2D eigenvalue weighted by atomic mass is 10.2. The van der Waals surface area contributed by atoms with E-state index >= 15 is 0 Å². The van der Waals surface area contributed by atoms with Gasteiger partial charge in [0.15, 0.2) is 0 Å². The van der Waals surface area contributed by atoms with Crippen LogP contribution in [0.5, 0.6) is 0 Å². The van der Waals surface area contributed by atoms with Crippen molar-refractivity contribution in [3.63, 3.8) is 0 Å². The van der Waals surface area contributed by atoms with Crippen LogP contribution in [0.15, 0.2) is 29.2 Å². The van der Waals surface area contributed by atoms with Crippen LogP contribution in [0.25, 0.3) is 0 Å². The van der Waals surface area contributed by atoms with E-state index in [1.165, 1.54) is 17.8 Å². The number of carbonyl (C=O) groups is 2. The summed E-state index contributed by atoms with van der Waals surface area (Å²) in [6.07, 6.45) is 0. The van der Waals surface area contributed by atoms with Crippen molar-refractivity contribution in [1.29, 1.82) is 0 Å². The molecule has 0 heterocycles. The molecule has 1 rings (SSSR count). The van der Waals surface area contributed by atoms with Crippen LogP contribution in [0.2, 0.25) is 0 Å². The third-order valence-corrected chi connectivity index (χ3v) is 3.29. The molecule has 2 N–H and O–H groups in total. The van der Waals surface area contributed by atoms with E-state index in [4.69, 9.17) is 5.11 Å². The van der Waals surface area contributed by atoms with Gasteiger partial charge in [0.05, 0.1) is 10.8 Å². The highest BCUT2D eigenvalue weighted by atomic mass is 32.2. The average Bonchev–Trinajstić information content (AvgIpc) is 2.28. The molecular weight excluding hydrogens is 250 g/mol. The molecule has 0 saturated carbocycles. The SMILES string of the molecule is CC(C)NC(=O)C(C)Sc1cccc(C(=O)O)c1. The summed E-state index contributed by atoms with van der Waals surface area (Å²) in [5, 5.41) is 11.5. The zero-order valence-electron chi connectivity index (χ0n) is 10.6. The van der Waals surface area contributed by atoms with Gasteiger partial charge in [0.2, 0.25) is 5.91 Å². The topological polar surface area (TPSA) is 66.4 Å². The molecule has 0 spiro atoms.